The Hall–Kier alpha value is -3.00. The SMILES string of the molecule is C[C@@H](NC(=O)c1cc(C2CCNCC2)[nH]n1)c1ccc(-n2cccn2)c(F)c1. The van der Waals surface area contributed by atoms with Gasteiger partial charge in [-0.1, -0.05) is 6.07 Å². The number of halogens is 1. The van der Waals surface area contributed by atoms with Crippen LogP contribution >= 0.6 is 0 Å². The third-order valence-corrected chi connectivity index (χ3v) is 5.18. The molecule has 146 valence electrons. The van der Waals surface area contributed by atoms with E-state index in [1.165, 1.54) is 10.7 Å². The monoisotopic (exact) mass is 382 g/mol. The smallest absolute Gasteiger partial charge is 0.272 e. The fourth-order valence-electron chi connectivity index (χ4n) is 3.54. The number of piperidine rings is 1. The molecule has 3 aromatic rings. The molecule has 0 unspecified atom stereocenters. The van der Waals surface area contributed by atoms with Crippen LogP contribution in [0.2, 0.25) is 0 Å². The van der Waals surface area contributed by atoms with Gasteiger partial charge in [0.25, 0.3) is 5.91 Å². The van der Waals surface area contributed by atoms with Crippen molar-refractivity contribution >= 4 is 5.91 Å². The number of nitrogens with zero attached hydrogens (tertiary/aromatic N) is 3. The number of rotatable bonds is 5. The highest BCUT2D eigenvalue weighted by Crippen LogP contribution is 2.24. The number of H-pyrrole nitrogens is 1. The number of benzene rings is 1. The van der Waals surface area contributed by atoms with Gasteiger partial charge in [0.15, 0.2) is 0 Å². The van der Waals surface area contributed by atoms with E-state index in [1.807, 2.05) is 13.0 Å². The number of aromatic nitrogens is 4. The van der Waals surface area contributed by atoms with Gasteiger partial charge in [0, 0.05) is 24.0 Å². The Labute approximate surface area is 162 Å². The van der Waals surface area contributed by atoms with E-state index in [-0.39, 0.29) is 11.9 Å². The minimum Gasteiger partial charge on any atom is -0.344 e. The molecule has 0 spiro atoms. The average Bonchev–Trinajstić information content (AvgIpc) is 3.41. The van der Waals surface area contributed by atoms with Crippen molar-refractivity contribution < 1.29 is 9.18 Å². The second kappa shape index (κ2) is 7.93. The van der Waals surface area contributed by atoms with Gasteiger partial charge in [0.2, 0.25) is 0 Å². The van der Waals surface area contributed by atoms with Gasteiger partial charge < -0.3 is 10.6 Å². The molecule has 3 N–H and O–H groups in total. The van der Waals surface area contributed by atoms with Gasteiger partial charge in [-0.2, -0.15) is 10.2 Å². The average molecular weight is 382 g/mol. The van der Waals surface area contributed by atoms with Crippen LogP contribution in [0.25, 0.3) is 5.69 Å². The standard InChI is InChI=1S/C20H23FN6O/c1-13(15-3-4-19(16(21)11-15)27-10-2-7-23-27)24-20(28)18-12-17(25-26-18)14-5-8-22-9-6-14/h2-4,7,10-14,22H,5-6,8-9H2,1H3,(H,24,28)(H,25,26)/t13-/m1/s1. The Balaban J connectivity index is 1.43. The molecule has 1 atom stereocenters. The molecule has 3 heterocycles. The van der Waals surface area contributed by atoms with E-state index >= 15 is 0 Å². The molecule has 0 saturated carbocycles. The zero-order valence-electron chi connectivity index (χ0n) is 15.7. The van der Waals surface area contributed by atoms with Crippen LogP contribution in [0.15, 0.2) is 42.7 Å². The maximum Gasteiger partial charge on any atom is 0.272 e. The Morgan fingerprint density at radius 1 is 1.32 bits per heavy atom. The fraction of sp³-hybridized carbons (Fsp3) is 0.350. The van der Waals surface area contributed by atoms with Crippen LogP contribution in [0.3, 0.4) is 0 Å². The number of amides is 1. The quantitative estimate of drug-likeness (QED) is 0.633. The normalized spacial score (nSPS) is 16.1. The number of carbonyl (C=O) groups excluding carboxylic acids is 1. The van der Waals surface area contributed by atoms with E-state index in [9.17, 15) is 9.18 Å². The lowest BCUT2D eigenvalue weighted by atomic mass is 9.94. The molecule has 0 bridgehead atoms. The Bertz CT molecular complexity index is 946. The summed E-state index contributed by atoms with van der Waals surface area (Å²) in [6.45, 7) is 3.77. The van der Waals surface area contributed by atoms with Crippen molar-refractivity contribution in [3.05, 3.63) is 65.5 Å². The molecule has 1 aromatic carbocycles. The second-order valence-electron chi connectivity index (χ2n) is 7.09. The van der Waals surface area contributed by atoms with Gasteiger partial charge in [0.1, 0.15) is 17.2 Å². The molecule has 0 aliphatic carbocycles. The number of nitrogens with one attached hydrogen (secondary N) is 3. The Kier molecular flexibility index (Phi) is 5.21. The highest BCUT2D eigenvalue weighted by atomic mass is 19.1. The number of carbonyl (C=O) groups is 1. The van der Waals surface area contributed by atoms with E-state index in [0.717, 1.165) is 31.6 Å². The van der Waals surface area contributed by atoms with Crippen LogP contribution < -0.4 is 10.6 Å². The molecule has 8 heteroatoms. The third-order valence-electron chi connectivity index (χ3n) is 5.18. The van der Waals surface area contributed by atoms with Gasteiger partial charge in [-0.05, 0) is 62.7 Å². The van der Waals surface area contributed by atoms with Crippen molar-refractivity contribution in [3.8, 4) is 5.69 Å². The van der Waals surface area contributed by atoms with Crippen molar-refractivity contribution in [2.24, 2.45) is 0 Å². The van der Waals surface area contributed by atoms with Crippen molar-refractivity contribution in [1.29, 1.82) is 0 Å². The number of hydrogen-bond acceptors (Lipinski definition) is 4. The van der Waals surface area contributed by atoms with E-state index in [2.05, 4.69) is 25.9 Å². The van der Waals surface area contributed by atoms with Crippen molar-refractivity contribution in [3.63, 3.8) is 0 Å². The van der Waals surface area contributed by atoms with E-state index in [0.29, 0.717) is 22.9 Å². The van der Waals surface area contributed by atoms with Gasteiger partial charge in [-0.15, -0.1) is 0 Å². The minimum atomic E-state index is -0.393. The second-order valence-corrected chi connectivity index (χ2v) is 7.09. The fourth-order valence-corrected chi connectivity index (χ4v) is 3.54. The summed E-state index contributed by atoms with van der Waals surface area (Å²) in [5.41, 5.74) is 2.39. The van der Waals surface area contributed by atoms with E-state index in [1.54, 1.807) is 30.6 Å². The Morgan fingerprint density at radius 2 is 2.14 bits per heavy atom. The van der Waals surface area contributed by atoms with Crippen LogP contribution in [0, 0.1) is 5.82 Å². The molecule has 1 aliphatic heterocycles. The first-order valence-electron chi connectivity index (χ1n) is 9.48. The lowest BCUT2D eigenvalue weighted by molar-refractivity contribution is 0.0934. The number of hydrogen-bond donors (Lipinski definition) is 3. The highest BCUT2D eigenvalue weighted by molar-refractivity contribution is 5.92. The van der Waals surface area contributed by atoms with E-state index < -0.39 is 5.82 Å². The van der Waals surface area contributed by atoms with E-state index in [4.69, 9.17) is 0 Å². The highest BCUT2D eigenvalue weighted by Gasteiger charge is 2.20. The van der Waals surface area contributed by atoms with Gasteiger partial charge in [-0.25, -0.2) is 9.07 Å². The molecule has 4 rings (SSSR count). The summed E-state index contributed by atoms with van der Waals surface area (Å²) in [6, 6.07) is 8.07. The molecule has 2 aromatic heterocycles. The number of aromatic amines is 1. The van der Waals surface area contributed by atoms with Crippen LogP contribution in [0.4, 0.5) is 4.39 Å². The molecular weight excluding hydrogens is 359 g/mol. The maximum absolute atomic E-state index is 14.4. The van der Waals surface area contributed by atoms with Crippen LogP contribution in [-0.4, -0.2) is 39.0 Å². The van der Waals surface area contributed by atoms with Crippen molar-refractivity contribution in [2.75, 3.05) is 13.1 Å². The van der Waals surface area contributed by atoms with Crippen molar-refractivity contribution in [2.45, 2.75) is 31.7 Å². The van der Waals surface area contributed by atoms with Crippen LogP contribution in [-0.2, 0) is 0 Å². The van der Waals surface area contributed by atoms with Gasteiger partial charge in [0.05, 0.1) is 6.04 Å². The lowest BCUT2D eigenvalue weighted by Crippen LogP contribution is -2.27. The maximum atomic E-state index is 14.4. The molecule has 1 amide bonds. The summed E-state index contributed by atoms with van der Waals surface area (Å²) in [7, 11) is 0. The van der Waals surface area contributed by atoms with Crippen LogP contribution in [0.1, 0.15) is 53.5 Å². The topological polar surface area (TPSA) is 87.6 Å². The first-order chi connectivity index (χ1) is 13.6. The lowest BCUT2D eigenvalue weighted by Gasteiger charge is -2.20. The summed E-state index contributed by atoms with van der Waals surface area (Å²) < 4.78 is 15.9. The predicted octanol–water partition coefficient (Wildman–Crippen LogP) is 2.69. The molecule has 1 aliphatic rings. The predicted molar refractivity (Wildman–Crippen MR) is 103 cm³/mol. The first-order valence-corrected chi connectivity index (χ1v) is 9.48. The van der Waals surface area contributed by atoms with Crippen molar-refractivity contribution in [1.82, 2.24) is 30.6 Å². The summed E-state index contributed by atoms with van der Waals surface area (Å²) in [5, 5.41) is 17.4. The molecule has 1 fully saturated rings. The molecule has 7 nitrogen and oxygen atoms in total. The minimum absolute atomic E-state index is 0.277. The summed E-state index contributed by atoms with van der Waals surface area (Å²) in [4.78, 5) is 12.5. The van der Waals surface area contributed by atoms with Gasteiger partial charge in [-0.3, -0.25) is 9.89 Å². The molecule has 28 heavy (non-hydrogen) atoms. The first kappa shape index (κ1) is 18.4. The molecule has 1 saturated heterocycles. The Morgan fingerprint density at radius 3 is 2.86 bits per heavy atom. The van der Waals surface area contributed by atoms with Gasteiger partial charge >= 0.3 is 0 Å². The molecule has 0 radical (unpaired) electrons. The zero-order valence-corrected chi connectivity index (χ0v) is 15.7. The third kappa shape index (κ3) is 3.82. The summed E-state index contributed by atoms with van der Waals surface area (Å²) in [6.07, 6.45) is 5.34. The van der Waals surface area contributed by atoms with Crippen LogP contribution in [0.5, 0.6) is 0 Å². The largest absolute Gasteiger partial charge is 0.344 e. The summed E-state index contributed by atoms with van der Waals surface area (Å²) >= 11 is 0. The zero-order chi connectivity index (χ0) is 19.5. The molecular formula is C20H23FN6O. The summed E-state index contributed by atoms with van der Waals surface area (Å²) in [5.74, 6) is -0.271.